The minimum atomic E-state index is -0.0799. The Balaban J connectivity index is 1.76. The summed E-state index contributed by atoms with van der Waals surface area (Å²) in [6.07, 6.45) is 3.04. The lowest BCUT2D eigenvalue weighted by atomic mass is 10.2. The van der Waals surface area contributed by atoms with Crippen molar-refractivity contribution >= 4 is 57.0 Å². The maximum absolute atomic E-state index is 6.33. The first-order valence-corrected chi connectivity index (χ1v) is 9.95. The van der Waals surface area contributed by atoms with E-state index in [2.05, 4.69) is 49.4 Å². The van der Waals surface area contributed by atoms with Crippen molar-refractivity contribution in [2.75, 3.05) is 6.61 Å². The fourth-order valence-electron chi connectivity index (χ4n) is 2.81. The molecule has 5 nitrogen and oxygen atoms in total. The number of hydrogen-bond acceptors (Lipinski definition) is 4. The van der Waals surface area contributed by atoms with Crippen LogP contribution in [0.1, 0.15) is 36.9 Å². The smallest absolute Gasteiger partial charge is 0.208 e. The van der Waals surface area contributed by atoms with Gasteiger partial charge in [0.2, 0.25) is 5.82 Å². The van der Waals surface area contributed by atoms with Crippen molar-refractivity contribution < 1.29 is 4.74 Å². The predicted molar refractivity (Wildman–Crippen MR) is 109 cm³/mol. The lowest BCUT2D eigenvalue weighted by molar-refractivity contribution is -0.0313. The molecule has 0 radical (unpaired) electrons. The van der Waals surface area contributed by atoms with E-state index in [0.717, 1.165) is 35.3 Å². The van der Waals surface area contributed by atoms with Crippen LogP contribution in [0.2, 0.25) is 10.2 Å². The summed E-state index contributed by atoms with van der Waals surface area (Å²) in [7, 11) is 0. The summed E-state index contributed by atoms with van der Waals surface area (Å²) in [5, 5.41) is 0.963. The van der Waals surface area contributed by atoms with Gasteiger partial charge in [0.05, 0.1) is 0 Å². The molecule has 8 heteroatoms. The van der Waals surface area contributed by atoms with Gasteiger partial charge in [0, 0.05) is 39.8 Å². The molecular weight excluding hydrogens is 486 g/mol. The summed E-state index contributed by atoms with van der Waals surface area (Å²) < 4.78 is 8.66. The number of imidazole rings is 1. The molecule has 4 rings (SSSR count). The number of benzene rings is 1. The molecule has 1 aliphatic heterocycles. The van der Waals surface area contributed by atoms with Crippen molar-refractivity contribution in [3.05, 3.63) is 49.7 Å². The molecule has 3 heterocycles. The highest BCUT2D eigenvalue weighted by atomic mass is 127. The van der Waals surface area contributed by atoms with E-state index in [1.165, 1.54) is 0 Å². The highest BCUT2D eigenvalue weighted by Gasteiger charge is 2.23. The number of aromatic nitrogens is 4. The van der Waals surface area contributed by atoms with E-state index >= 15 is 0 Å². The van der Waals surface area contributed by atoms with Crippen LogP contribution in [0.4, 0.5) is 0 Å². The van der Waals surface area contributed by atoms with Crippen LogP contribution in [-0.4, -0.2) is 26.1 Å². The van der Waals surface area contributed by atoms with Crippen LogP contribution in [-0.2, 0) is 4.74 Å². The van der Waals surface area contributed by atoms with Gasteiger partial charge in [-0.3, -0.25) is 4.57 Å². The molecule has 0 bridgehead atoms. The summed E-state index contributed by atoms with van der Waals surface area (Å²) >= 11 is 14.4. The summed E-state index contributed by atoms with van der Waals surface area (Å²) in [5.74, 6) is 6.35. The SMILES string of the molecule is Clc1ccc(C#Cc2nc(Cl)c3nc(I)n(C4CCCCO4)c3n2)cc1. The lowest BCUT2D eigenvalue weighted by Gasteiger charge is -2.24. The van der Waals surface area contributed by atoms with Gasteiger partial charge in [0.25, 0.3) is 0 Å². The molecule has 0 N–H and O–H groups in total. The zero-order valence-corrected chi connectivity index (χ0v) is 17.2. The van der Waals surface area contributed by atoms with Gasteiger partial charge in [-0.15, -0.1) is 0 Å². The molecule has 0 amide bonds. The van der Waals surface area contributed by atoms with Gasteiger partial charge < -0.3 is 4.74 Å². The fraction of sp³-hybridized carbons (Fsp3) is 0.278. The van der Waals surface area contributed by atoms with Crippen molar-refractivity contribution in [3.8, 4) is 11.8 Å². The van der Waals surface area contributed by atoms with Gasteiger partial charge in [-0.25, -0.2) is 15.0 Å². The Bertz CT molecular complexity index is 1020. The second kappa shape index (κ2) is 7.69. The number of fused-ring (bicyclic) bond motifs is 1. The van der Waals surface area contributed by atoms with Crippen LogP contribution in [0.15, 0.2) is 24.3 Å². The molecule has 132 valence electrons. The van der Waals surface area contributed by atoms with Crippen molar-refractivity contribution in [2.24, 2.45) is 0 Å². The molecule has 1 unspecified atom stereocenters. The monoisotopic (exact) mass is 498 g/mol. The molecule has 1 aromatic carbocycles. The molecule has 1 saturated heterocycles. The molecule has 0 saturated carbocycles. The third-order valence-electron chi connectivity index (χ3n) is 4.06. The molecule has 0 spiro atoms. The number of nitrogens with zero attached hydrogens (tertiary/aromatic N) is 4. The van der Waals surface area contributed by atoms with E-state index in [9.17, 15) is 0 Å². The zero-order valence-electron chi connectivity index (χ0n) is 13.5. The van der Waals surface area contributed by atoms with Crippen LogP contribution >= 0.6 is 45.8 Å². The summed E-state index contributed by atoms with van der Waals surface area (Å²) in [6, 6.07) is 7.28. The van der Waals surface area contributed by atoms with Gasteiger partial charge in [0.15, 0.2) is 14.6 Å². The molecule has 2 aromatic heterocycles. The van der Waals surface area contributed by atoms with Gasteiger partial charge in [-0.1, -0.05) is 29.1 Å². The minimum absolute atomic E-state index is 0.0799. The molecule has 1 fully saturated rings. The van der Waals surface area contributed by atoms with E-state index in [4.69, 9.17) is 27.9 Å². The predicted octanol–water partition coefficient (Wildman–Crippen LogP) is 4.84. The quantitative estimate of drug-likeness (QED) is 0.208. The Hall–Kier alpha value is -1.40. The van der Waals surface area contributed by atoms with Crippen molar-refractivity contribution in [1.29, 1.82) is 0 Å². The van der Waals surface area contributed by atoms with E-state index in [-0.39, 0.29) is 6.23 Å². The number of hydrogen-bond donors (Lipinski definition) is 0. The molecule has 26 heavy (non-hydrogen) atoms. The maximum atomic E-state index is 6.33. The summed E-state index contributed by atoms with van der Waals surface area (Å²) in [5.41, 5.74) is 2.05. The van der Waals surface area contributed by atoms with Crippen LogP contribution in [0.3, 0.4) is 0 Å². The van der Waals surface area contributed by atoms with E-state index < -0.39 is 0 Å². The van der Waals surface area contributed by atoms with E-state index in [1.807, 2.05) is 16.7 Å². The normalized spacial score (nSPS) is 17.1. The van der Waals surface area contributed by atoms with Gasteiger partial charge in [-0.05, 0) is 49.4 Å². The topological polar surface area (TPSA) is 52.8 Å². The number of halogens is 3. The number of ether oxygens (including phenoxy) is 1. The molecule has 3 aromatic rings. The van der Waals surface area contributed by atoms with Crippen LogP contribution in [0, 0.1) is 15.7 Å². The Morgan fingerprint density at radius 3 is 2.62 bits per heavy atom. The number of rotatable bonds is 1. The van der Waals surface area contributed by atoms with Crippen LogP contribution in [0.25, 0.3) is 11.2 Å². The minimum Gasteiger partial charge on any atom is -0.358 e. The van der Waals surface area contributed by atoms with E-state index in [1.54, 1.807) is 12.1 Å². The standard InChI is InChI=1S/C18H13Cl2IN4O/c19-12-7-4-11(5-8-12)6-9-13-22-16(20)15-17(23-13)25(18(21)24-15)14-3-1-2-10-26-14/h4-5,7-8,14H,1-3,10H2. The first-order chi connectivity index (χ1) is 12.6. The maximum Gasteiger partial charge on any atom is 0.208 e. The van der Waals surface area contributed by atoms with Crippen LogP contribution < -0.4 is 0 Å². The van der Waals surface area contributed by atoms with Gasteiger partial charge >= 0.3 is 0 Å². The summed E-state index contributed by atoms with van der Waals surface area (Å²) in [4.78, 5) is 13.4. The molecule has 1 atom stereocenters. The molecule has 0 aliphatic carbocycles. The second-order valence-corrected chi connectivity index (χ2v) is 7.60. The highest BCUT2D eigenvalue weighted by Crippen LogP contribution is 2.30. The highest BCUT2D eigenvalue weighted by molar-refractivity contribution is 14.1. The van der Waals surface area contributed by atoms with Crippen molar-refractivity contribution in [3.63, 3.8) is 0 Å². The zero-order chi connectivity index (χ0) is 18.1. The average molecular weight is 499 g/mol. The third kappa shape index (κ3) is 3.67. The fourth-order valence-corrected chi connectivity index (χ4v) is 3.93. The largest absolute Gasteiger partial charge is 0.358 e. The Morgan fingerprint density at radius 1 is 1.08 bits per heavy atom. The van der Waals surface area contributed by atoms with Gasteiger partial charge in [0.1, 0.15) is 11.7 Å². The lowest BCUT2D eigenvalue weighted by Crippen LogP contribution is -2.19. The Labute approximate surface area is 174 Å². The van der Waals surface area contributed by atoms with Crippen molar-refractivity contribution in [2.45, 2.75) is 25.5 Å². The van der Waals surface area contributed by atoms with Crippen molar-refractivity contribution in [1.82, 2.24) is 19.5 Å². The van der Waals surface area contributed by atoms with Gasteiger partial charge in [-0.2, -0.15) is 0 Å². The first kappa shape index (κ1) is 18.0. The summed E-state index contributed by atoms with van der Waals surface area (Å²) in [6.45, 7) is 0.739. The molecular formula is C18H13Cl2IN4O. The Morgan fingerprint density at radius 2 is 1.88 bits per heavy atom. The third-order valence-corrected chi connectivity index (χ3v) is 5.34. The average Bonchev–Trinajstić information content (AvgIpc) is 2.98. The second-order valence-electron chi connectivity index (χ2n) is 5.84. The molecule has 1 aliphatic rings. The Kier molecular flexibility index (Phi) is 5.32. The first-order valence-electron chi connectivity index (χ1n) is 8.12. The van der Waals surface area contributed by atoms with Crippen LogP contribution in [0.5, 0.6) is 0 Å². The van der Waals surface area contributed by atoms with E-state index in [0.29, 0.717) is 27.2 Å².